The third-order valence-electron chi connectivity index (χ3n) is 6.82. The van der Waals surface area contributed by atoms with Crippen molar-refractivity contribution < 1.29 is 14.3 Å². The number of nitrogens with one attached hydrogen (secondary N) is 3. The lowest BCUT2D eigenvalue weighted by atomic mass is 9.95. The Hall–Kier alpha value is -2.33. The van der Waals surface area contributed by atoms with Gasteiger partial charge in [-0.15, -0.1) is 11.3 Å². The average molecular weight is 499 g/mol. The standard InChI is InChI=1S/C25H30N4O3S2/c30-23(27-16-25(7-13-33-17-25)29-8-10-32-11-9-29)21(28-24(31)22-6-3-12-34-22)14-18-15-26-20-5-2-1-4-19(18)20/h1-6,12,15,21,26H,7-11,13-14,16-17H2,(H,27,30)(H,28,31). The van der Waals surface area contributed by atoms with Gasteiger partial charge in [0.25, 0.3) is 5.91 Å². The van der Waals surface area contributed by atoms with Crippen molar-refractivity contribution in [1.82, 2.24) is 20.5 Å². The maximum Gasteiger partial charge on any atom is 0.262 e. The largest absolute Gasteiger partial charge is 0.379 e. The van der Waals surface area contributed by atoms with Crippen LogP contribution in [-0.4, -0.2) is 77.6 Å². The van der Waals surface area contributed by atoms with Crippen LogP contribution in [0.5, 0.6) is 0 Å². The van der Waals surface area contributed by atoms with Gasteiger partial charge < -0.3 is 20.4 Å². The predicted octanol–water partition coefficient (Wildman–Crippen LogP) is 2.89. The summed E-state index contributed by atoms with van der Waals surface area (Å²) in [5, 5.41) is 9.15. The number of morpholine rings is 1. The van der Waals surface area contributed by atoms with Crippen LogP contribution in [0.1, 0.15) is 21.7 Å². The number of aromatic amines is 1. The number of carbonyl (C=O) groups is 2. The number of rotatable bonds is 8. The number of para-hydroxylation sites is 1. The van der Waals surface area contributed by atoms with Crippen molar-refractivity contribution in [2.24, 2.45) is 0 Å². The number of thiophene rings is 1. The minimum absolute atomic E-state index is 0.0484. The van der Waals surface area contributed by atoms with E-state index in [2.05, 4.69) is 20.5 Å². The summed E-state index contributed by atoms with van der Waals surface area (Å²) in [7, 11) is 0. The summed E-state index contributed by atoms with van der Waals surface area (Å²) in [6, 6.07) is 11.0. The highest BCUT2D eigenvalue weighted by atomic mass is 32.2. The van der Waals surface area contributed by atoms with Crippen molar-refractivity contribution >= 4 is 45.8 Å². The molecule has 0 radical (unpaired) electrons. The summed E-state index contributed by atoms with van der Waals surface area (Å²) < 4.78 is 5.56. The second kappa shape index (κ2) is 10.5. The number of nitrogens with zero attached hydrogens (tertiary/aromatic N) is 1. The van der Waals surface area contributed by atoms with E-state index in [1.807, 2.05) is 53.7 Å². The molecule has 0 spiro atoms. The normalized spacial score (nSPS) is 22.0. The van der Waals surface area contributed by atoms with Crippen molar-refractivity contribution in [3.05, 3.63) is 58.4 Å². The van der Waals surface area contributed by atoms with Crippen LogP contribution in [0.3, 0.4) is 0 Å². The molecule has 180 valence electrons. The molecule has 2 unspecified atom stereocenters. The van der Waals surface area contributed by atoms with Gasteiger partial charge in [0.15, 0.2) is 0 Å². The smallest absolute Gasteiger partial charge is 0.262 e. The van der Waals surface area contributed by atoms with Crippen molar-refractivity contribution in [2.45, 2.75) is 24.4 Å². The second-order valence-electron chi connectivity index (χ2n) is 8.91. The number of carbonyl (C=O) groups excluding carboxylic acids is 2. The molecule has 5 rings (SSSR count). The molecule has 0 bridgehead atoms. The van der Waals surface area contributed by atoms with Crippen molar-refractivity contribution in [2.75, 3.05) is 44.4 Å². The average Bonchev–Trinajstić information content (AvgIpc) is 3.65. The molecule has 2 aromatic heterocycles. The number of benzene rings is 1. The van der Waals surface area contributed by atoms with Gasteiger partial charge >= 0.3 is 0 Å². The van der Waals surface area contributed by atoms with Crippen LogP contribution in [0.15, 0.2) is 48.0 Å². The maximum absolute atomic E-state index is 13.5. The van der Waals surface area contributed by atoms with Gasteiger partial charge in [-0.25, -0.2) is 0 Å². The Labute approximate surface area is 207 Å². The minimum Gasteiger partial charge on any atom is -0.379 e. The zero-order valence-electron chi connectivity index (χ0n) is 19.0. The van der Waals surface area contributed by atoms with E-state index < -0.39 is 6.04 Å². The zero-order chi connectivity index (χ0) is 23.4. The number of hydrogen-bond donors (Lipinski definition) is 3. The molecule has 4 heterocycles. The Bertz CT molecular complexity index is 1120. The van der Waals surface area contributed by atoms with Crippen LogP contribution < -0.4 is 10.6 Å². The first-order chi connectivity index (χ1) is 16.6. The third kappa shape index (κ3) is 5.02. The quantitative estimate of drug-likeness (QED) is 0.445. The first kappa shape index (κ1) is 23.4. The molecule has 3 aromatic rings. The van der Waals surface area contributed by atoms with Crippen LogP contribution in [0.25, 0.3) is 10.9 Å². The van der Waals surface area contributed by atoms with Crippen LogP contribution in [0.2, 0.25) is 0 Å². The van der Waals surface area contributed by atoms with Gasteiger partial charge in [-0.1, -0.05) is 24.3 Å². The van der Waals surface area contributed by atoms with E-state index in [4.69, 9.17) is 4.74 Å². The van der Waals surface area contributed by atoms with E-state index in [0.717, 1.165) is 60.7 Å². The molecule has 2 aliphatic heterocycles. The number of thioether (sulfide) groups is 1. The van der Waals surface area contributed by atoms with Gasteiger partial charge in [-0.2, -0.15) is 11.8 Å². The van der Waals surface area contributed by atoms with Gasteiger partial charge in [-0.3, -0.25) is 14.5 Å². The van der Waals surface area contributed by atoms with Gasteiger partial charge in [0, 0.05) is 54.4 Å². The van der Waals surface area contributed by atoms with E-state index in [9.17, 15) is 9.59 Å². The summed E-state index contributed by atoms with van der Waals surface area (Å²) in [6.07, 6.45) is 3.41. The minimum atomic E-state index is -0.662. The number of amides is 2. The van der Waals surface area contributed by atoms with E-state index in [1.54, 1.807) is 6.07 Å². The predicted molar refractivity (Wildman–Crippen MR) is 138 cm³/mol. The Kier molecular flexibility index (Phi) is 7.24. The topological polar surface area (TPSA) is 86.5 Å². The molecule has 0 aliphatic carbocycles. The van der Waals surface area contributed by atoms with Crippen molar-refractivity contribution in [3.63, 3.8) is 0 Å². The van der Waals surface area contributed by atoms with Gasteiger partial charge in [0.1, 0.15) is 6.04 Å². The van der Waals surface area contributed by atoms with E-state index >= 15 is 0 Å². The molecular weight excluding hydrogens is 468 g/mol. The summed E-state index contributed by atoms with van der Waals surface area (Å²) in [5.41, 5.74) is 1.99. The number of fused-ring (bicyclic) bond motifs is 1. The molecular formula is C25H30N4O3S2. The lowest BCUT2D eigenvalue weighted by Gasteiger charge is -2.43. The van der Waals surface area contributed by atoms with E-state index in [1.165, 1.54) is 11.3 Å². The van der Waals surface area contributed by atoms with Crippen LogP contribution >= 0.6 is 23.1 Å². The summed E-state index contributed by atoms with van der Waals surface area (Å²) in [4.78, 5) is 32.7. The molecule has 7 nitrogen and oxygen atoms in total. The first-order valence-electron chi connectivity index (χ1n) is 11.7. The third-order valence-corrected chi connectivity index (χ3v) is 8.92. The van der Waals surface area contributed by atoms with Gasteiger partial charge in [-0.05, 0) is 35.2 Å². The number of H-pyrrole nitrogens is 1. The summed E-state index contributed by atoms with van der Waals surface area (Å²) in [5.74, 6) is 1.75. The zero-order valence-corrected chi connectivity index (χ0v) is 20.7. The highest BCUT2D eigenvalue weighted by Crippen LogP contribution is 2.33. The van der Waals surface area contributed by atoms with E-state index in [0.29, 0.717) is 17.8 Å². The first-order valence-corrected chi connectivity index (χ1v) is 13.8. The molecule has 2 aliphatic rings. The molecule has 9 heteroatoms. The lowest BCUT2D eigenvalue weighted by Crippen LogP contribution is -2.60. The van der Waals surface area contributed by atoms with Gasteiger partial charge in [0.2, 0.25) is 5.91 Å². The number of aromatic nitrogens is 1. The Morgan fingerprint density at radius 2 is 2.03 bits per heavy atom. The fourth-order valence-electron chi connectivity index (χ4n) is 4.88. The van der Waals surface area contributed by atoms with Gasteiger partial charge in [0.05, 0.1) is 18.1 Å². The summed E-state index contributed by atoms with van der Waals surface area (Å²) >= 11 is 3.32. The highest BCUT2D eigenvalue weighted by Gasteiger charge is 2.41. The molecule has 3 N–H and O–H groups in total. The molecule has 1 aromatic carbocycles. The molecule has 34 heavy (non-hydrogen) atoms. The Morgan fingerprint density at radius 3 is 2.79 bits per heavy atom. The fourth-order valence-corrected chi connectivity index (χ4v) is 6.98. The Balaban J connectivity index is 1.33. The van der Waals surface area contributed by atoms with Crippen molar-refractivity contribution in [1.29, 1.82) is 0 Å². The van der Waals surface area contributed by atoms with Crippen molar-refractivity contribution in [3.8, 4) is 0 Å². The highest BCUT2D eigenvalue weighted by molar-refractivity contribution is 7.99. The fraction of sp³-hybridized carbons (Fsp3) is 0.440. The molecule has 2 atom stereocenters. The van der Waals surface area contributed by atoms with Crippen LogP contribution in [0.4, 0.5) is 0 Å². The lowest BCUT2D eigenvalue weighted by molar-refractivity contribution is -0.123. The van der Waals surface area contributed by atoms with Crippen LogP contribution in [0, 0.1) is 0 Å². The SMILES string of the molecule is O=C(NC(Cc1c[nH]c2ccccc12)C(=O)NCC1(N2CCOCC2)CCSC1)c1cccs1. The molecule has 2 amide bonds. The monoisotopic (exact) mass is 498 g/mol. The number of hydrogen-bond acceptors (Lipinski definition) is 6. The summed E-state index contributed by atoms with van der Waals surface area (Å²) in [6.45, 7) is 3.84. The number of ether oxygens (including phenoxy) is 1. The molecule has 2 saturated heterocycles. The van der Waals surface area contributed by atoms with E-state index in [-0.39, 0.29) is 17.4 Å². The molecule has 2 fully saturated rings. The Morgan fingerprint density at radius 1 is 1.18 bits per heavy atom. The second-order valence-corrected chi connectivity index (χ2v) is 11.0. The maximum atomic E-state index is 13.5. The van der Waals surface area contributed by atoms with Crippen LogP contribution in [-0.2, 0) is 16.0 Å². The molecule has 0 saturated carbocycles.